The van der Waals surface area contributed by atoms with Crippen LogP contribution in [-0.4, -0.2) is 4.98 Å². The molecule has 0 saturated carbocycles. The molecule has 0 unspecified atom stereocenters. The van der Waals surface area contributed by atoms with Crippen molar-refractivity contribution in [3.63, 3.8) is 0 Å². The second kappa shape index (κ2) is 4.72. The Balaban J connectivity index is 2.00. The second-order valence-corrected chi connectivity index (χ2v) is 7.82. The monoisotopic (exact) mass is 305 g/mol. The van der Waals surface area contributed by atoms with E-state index in [1.165, 1.54) is 37.8 Å². The fourth-order valence-electron chi connectivity index (χ4n) is 2.93. The Labute approximate surface area is 134 Å². The van der Waals surface area contributed by atoms with Crippen LogP contribution < -0.4 is 0 Å². The maximum atomic E-state index is 3.58. The average molecular weight is 305 g/mol. The van der Waals surface area contributed by atoms with Crippen LogP contribution in [0.4, 0.5) is 0 Å². The molecule has 0 saturated heterocycles. The predicted molar refractivity (Wildman–Crippen MR) is 97.8 cm³/mol. The number of aromatic nitrogens is 1. The van der Waals surface area contributed by atoms with Crippen molar-refractivity contribution >= 4 is 33.0 Å². The van der Waals surface area contributed by atoms with Crippen molar-refractivity contribution in [3.05, 3.63) is 59.6 Å². The summed E-state index contributed by atoms with van der Waals surface area (Å²) in [5.41, 5.74) is 3.95. The van der Waals surface area contributed by atoms with E-state index in [0.29, 0.717) is 0 Å². The average Bonchev–Trinajstić information content (AvgIpc) is 3.15. The standard InChI is InChI=1S/C20H19NS/c1-20(2,3)19-12-16-15-11-14(18-5-4-10-22-18)7-6-13(15)8-9-17(16)21-19/h4-12,21H,1-3H3. The molecule has 0 aliphatic carbocycles. The highest BCUT2D eigenvalue weighted by atomic mass is 32.1. The third-order valence-electron chi connectivity index (χ3n) is 4.23. The van der Waals surface area contributed by atoms with Crippen LogP contribution in [0.3, 0.4) is 0 Å². The molecule has 0 amide bonds. The molecule has 22 heavy (non-hydrogen) atoms. The van der Waals surface area contributed by atoms with Gasteiger partial charge in [0, 0.05) is 26.9 Å². The lowest BCUT2D eigenvalue weighted by Crippen LogP contribution is -2.10. The molecule has 2 aromatic carbocycles. The van der Waals surface area contributed by atoms with Crippen LogP contribution in [0.1, 0.15) is 26.5 Å². The second-order valence-electron chi connectivity index (χ2n) is 6.87. The lowest BCUT2D eigenvalue weighted by Gasteiger charge is -2.15. The molecular formula is C20H19NS. The highest BCUT2D eigenvalue weighted by Gasteiger charge is 2.17. The van der Waals surface area contributed by atoms with Gasteiger partial charge < -0.3 is 4.98 Å². The fraction of sp³-hybridized carbons (Fsp3) is 0.200. The maximum absolute atomic E-state index is 3.58. The molecule has 2 aromatic heterocycles. The van der Waals surface area contributed by atoms with E-state index in [1.807, 2.05) is 0 Å². The molecule has 0 spiro atoms. The number of rotatable bonds is 1. The van der Waals surface area contributed by atoms with Gasteiger partial charge in [0.15, 0.2) is 0 Å². The number of fused-ring (bicyclic) bond motifs is 3. The lowest BCUT2D eigenvalue weighted by atomic mass is 9.92. The van der Waals surface area contributed by atoms with Gasteiger partial charge >= 0.3 is 0 Å². The van der Waals surface area contributed by atoms with Gasteiger partial charge in [0.05, 0.1) is 0 Å². The first-order chi connectivity index (χ1) is 10.5. The highest BCUT2D eigenvalue weighted by molar-refractivity contribution is 7.13. The van der Waals surface area contributed by atoms with Crippen LogP contribution >= 0.6 is 11.3 Å². The SMILES string of the molecule is CC(C)(C)c1cc2c(ccc3ccc(-c4cccs4)cc32)[nH]1. The van der Waals surface area contributed by atoms with Gasteiger partial charge in [-0.15, -0.1) is 11.3 Å². The van der Waals surface area contributed by atoms with E-state index in [0.717, 1.165) is 0 Å². The van der Waals surface area contributed by atoms with E-state index in [1.54, 1.807) is 11.3 Å². The number of thiophene rings is 1. The van der Waals surface area contributed by atoms with Gasteiger partial charge in [-0.3, -0.25) is 0 Å². The van der Waals surface area contributed by atoms with Crippen molar-refractivity contribution in [2.24, 2.45) is 0 Å². The number of aromatic amines is 1. The summed E-state index contributed by atoms with van der Waals surface area (Å²) < 4.78 is 0. The zero-order valence-corrected chi connectivity index (χ0v) is 13.9. The van der Waals surface area contributed by atoms with Crippen molar-refractivity contribution in [1.82, 2.24) is 4.98 Å². The van der Waals surface area contributed by atoms with Gasteiger partial charge in [0.2, 0.25) is 0 Å². The molecule has 110 valence electrons. The van der Waals surface area contributed by atoms with Crippen molar-refractivity contribution in [2.75, 3.05) is 0 Å². The Bertz CT molecular complexity index is 953. The molecule has 1 N–H and O–H groups in total. The van der Waals surface area contributed by atoms with Crippen LogP contribution in [0.15, 0.2) is 53.9 Å². The summed E-state index contributed by atoms with van der Waals surface area (Å²) >= 11 is 1.79. The van der Waals surface area contributed by atoms with Gasteiger partial charge in [-0.25, -0.2) is 0 Å². The van der Waals surface area contributed by atoms with Crippen LogP contribution in [0, 0.1) is 0 Å². The van der Waals surface area contributed by atoms with Crippen LogP contribution in [0.5, 0.6) is 0 Å². The summed E-state index contributed by atoms with van der Waals surface area (Å²) in [7, 11) is 0. The van der Waals surface area contributed by atoms with Crippen LogP contribution in [0.2, 0.25) is 0 Å². The minimum atomic E-state index is 0.136. The molecule has 0 aliphatic heterocycles. The van der Waals surface area contributed by atoms with Gasteiger partial charge in [0.1, 0.15) is 0 Å². The molecule has 0 fully saturated rings. The van der Waals surface area contributed by atoms with Crippen molar-refractivity contribution in [3.8, 4) is 10.4 Å². The number of benzene rings is 2. The van der Waals surface area contributed by atoms with E-state index in [2.05, 4.69) is 79.7 Å². The van der Waals surface area contributed by atoms with Crippen LogP contribution in [-0.2, 0) is 5.41 Å². The van der Waals surface area contributed by atoms with Crippen LogP contribution in [0.25, 0.3) is 32.1 Å². The quantitative estimate of drug-likeness (QED) is 0.422. The summed E-state index contributed by atoms with van der Waals surface area (Å²) in [5, 5.41) is 6.08. The molecule has 2 heterocycles. The zero-order valence-electron chi connectivity index (χ0n) is 13.1. The summed E-state index contributed by atoms with van der Waals surface area (Å²) in [6.07, 6.45) is 0. The molecule has 1 nitrogen and oxygen atoms in total. The summed E-state index contributed by atoms with van der Waals surface area (Å²) in [4.78, 5) is 4.91. The third kappa shape index (κ3) is 2.15. The lowest BCUT2D eigenvalue weighted by molar-refractivity contribution is 0.574. The Hall–Kier alpha value is -2.06. The minimum Gasteiger partial charge on any atom is -0.358 e. The predicted octanol–water partition coefficient (Wildman–Crippen LogP) is 6.35. The maximum Gasteiger partial charge on any atom is 0.0462 e. The minimum absolute atomic E-state index is 0.136. The Morgan fingerprint density at radius 1 is 0.909 bits per heavy atom. The number of nitrogens with one attached hydrogen (secondary N) is 1. The molecule has 2 heteroatoms. The molecule has 4 rings (SSSR count). The first-order valence-electron chi connectivity index (χ1n) is 7.62. The van der Waals surface area contributed by atoms with Crippen molar-refractivity contribution < 1.29 is 0 Å². The smallest absolute Gasteiger partial charge is 0.0462 e. The van der Waals surface area contributed by atoms with Gasteiger partial charge in [-0.2, -0.15) is 0 Å². The normalized spacial score (nSPS) is 12.3. The summed E-state index contributed by atoms with van der Waals surface area (Å²) in [6, 6.07) is 17.8. The van der Waals surface area contributed by atoms with Gasteiger partial charge in [0.25, 0.3) is 0 Å². The van der Waals surface area contributed by atoms with Crippen molar-refractivity contribution in [2.45, 2.75) is 26.2 Å². The topological polar surface area (TPSA) is 15.8 Å². The molecule has 0 bridgehead atoms. The van der Waals surface area contributed by atoms with Gasteiger partial charge in [-0.05, 0) is 46.0 Å². The molecular weight excluding hydrogens is 286 g/mol. The molecule has 0 atom stereocenters. The van der Waals surface area contributed by atoms with E-state index >= 15 is 0 Å². The number of H-pyrrole nitrogens is 1. The summed E-state index contributed by atoms with van der Waals surface area (Å²) in [5.74, 6) is 0. The molecule has 0 radical (unpaired) electrons. The highest BCUT2D eigenvalue weighted by Crippen LogP contribution is 2.34. The number of hydrogen-bond donors (Lipinski definition) is 1. The molecule has 0 aliphatic rings. The van der Waals surface area contributed by atoms with E-state index < -0.39 is 0 Å². The van der Waals surface area contributed by atoms with E-state index in [-0.39, 0.29) is 5.41 Å². The van der Waals surface area contributed by atoms with Gasteiger partial charge in [-0.1, -0.05) is 45.0 Å². The van der Waals surface area contributed by atoms with E-state index in [9.17, 15) is 0 Å². The Kier molecular flexibility index (Phi) is 2.92. The Morgan fingerprint density at radius 2 is 1.73 bits per heavy atom. The fourth-order valence-corrected chi connectivity index (χ4v) is 3.66. The largest absolute Gasteiger partial charge is 0.358 e. The summed E-state index contributed by atoms with van der Waals surface area (Å²) in [6.45, 7) is 6.74. The van der Waals surface area contributed by atoms with Crippen molar-refractivity contribution in [1.29, 1.82) is 0 Å². The number of hydrogen-bond acceptors (Lipinski definition) is 1. The third-order valence-corrected chi connectivity index (χ3v) is 5.15. The Morgan fingerprint density at radius 3 is 2.45 bits per heavy atom. The first kappa shape index (κ1) is 13.6. The zero-order chi connectivity index (χ0) is 15.3. The first-order valence-corrected chi connectivity index (χ1v) is 8.50. The molecule has 4 aromatic rings. The van der Waals surface area contributed by atoms with E-state index in [4.69, 9.17) is 0 Å².